The van der Waals surface area contributed by atoms with Gasteiger partial charge in [-0.25, -0.2) is 4.79 Å². The molecule has 3 fully saturated rings. The number of pyridine rings is 1. The van der Waals surface area contributed by atoms with E-state index in [1.165, 1.54) is 12.4 Å². The minimum Gasteiger partial charge on any atom is -0.458 e. The van der Waals surface area contributed by atoms with E-state index in [9.17, 15) is 14.4 Å². The van der Waals surface area contributed by atoms with E-state index in [-0.39, 0.29) is 33.9 Å². The number of anilines is 1. The van der Waals surface area contributed by atoms with Crippen LogP contribution in [0.3, 0.4) is 0 Å². The molecule has 1 amide bonds. The first-order valence-electron chi connectivity index (χ1n) is 13.0. The fraction of sp³-hybridized carbons (Fsp3) is 0.464. The van der Waals surface area contributed by atoms with E-state index < -0.39 is 28.2 Å². The molecule has 2 aromatic rings. The summed E-state index contributed by atoms with van der Waals surface area (Å²) in [6.45, 7) is 0.930. The Labute approximate surface area is 245 Å². The standard InChI is InChI=1S/C28H28BrCl2N3O5/c29-23-24(28(25(23)35)9-2-1-3-10-28)34-21(27(37)39-18-8-11-38-15-18)12-16-4-6-17(7-5-16)33-26(36)22-19(30)13-32-14-20(22)31/h4-7,13-14,18,21,23H,1-3,8-12,15H2,(H,33,36)/t18?,21-,23?/m0/s1. The van der Waals surface area contributed by atoms with Crippen molar-refractivity contribution in [1.82, 2.24) is 4.98 Å². The van der Waals surface area contributed by atoms with Crippen molar-refractivity contribution < 1.29 is 23.9 Å². The summed E-state index contributed by atoms with van der Waals surface area (Å²) >= 11 is 15.7. The highest BCUT2D eigenvalue weighted by Gasteiger charge is 2.58. The minimum absolute atomic E-state index is 0.142. The number of hydrogen-bond donors (Lipinski definition) is 1. The van der Waals surface area contributed by atoms with Gasteiger partial charge in [-0.1, -0.05) is 70.5 Å². The van der Waals surface area contributed by atoms with Crippen molar-refractivity contribution in [3.05, 3.63) is 57.8 Å². The quantitative estimate of drug-likeness (QED) is 0.312. The van der Waals surface area contributed by atoms with Crippen LogP contribution >= 0.6 is 39.1 Å². The van der Waals surface area contributed by atoms with E-state index >= 15 is 0 Å². The number of rotatable bonds is 7. The van der Waals surface area contributed by atoms with Gasteiger partial charge >= 0.3 is 5.97 Å². The SMILES string of the molecule is O=C(Nc1ccc(C[C@H](N=C2C(Br)C(=O)C23CCCCC3)C(=O)OC2CCOC2)cc1)c1c(Cl)cncc1Cl. The fourth-order valence-electron chi connectivity index (χ4n) is 5.47. The Bertz CT molecular complexity index is 1270. The lowest BCUT2D eigenvalue weighted by atomic mass is 9.58. The predicted octanol–water partition coefficient (Wildman–Crippen LogP) is 5.62. The first kappa shape index (κ1) is 28.2. The van der Waals surface area contributed by atoms with Gasteiger partial charge in [0.25, 0.3) is 5.91 Å². The first-order valence-corrected chi connectivity index (χ1v) is 14.7. The third-order valence-corrected chi connectivity index (χ3v) is 9.02. The van der Waals surface area contributed by atoms with Crippen LogP contribution in [0.5, 0.6) is 0 Å². The van der Waals surface area contributed by atoms with Gasteiger partial charge in [-0.05, 0) is 30.5 Å². The van der Waals surface area contributed by atoms with Crippen LogP contribution in [0.25, 0.3) is 0 Å². The van der Waals surface area contributed by atoms with Crippen LogP contribution in [0, 0.1) is 5.41 Å². The van der Waals surface area contributed by atoms with Gasteiger partial charge in [0, 0.05) is 36.6 Å². The second-order valence-corrected chi connectivity index (χ2v) is 11.9. The summed E-state index contributed by atoms with van der Waals surface area (Å²) in [7, 11) is 0. The van der Waals surface area contributed by atoms with Gasteiger partial charge in [-0.3, -0.25) is 19.6 Å². The molecule has 2 unspecified atom stereocenters. The van der Waals surface area contributed by atoms with Gasteiger partial charge in [0.05, 0.1) is 34.2 Å². The molecule has 1 aliphatic heterocycles. The lowest BCUT2D eigenvalue weighted by Gasteiger charge is -2.48. The van der Waals surface area contributed by atoms with Crippen LogP contribution in [0.4, 0.5) is 5.69 Å². The van der Waals surface area contributed by atoms with Gasteiger partial charge in [-0.15, -0.1) is 0 Å². The maximum absolute atomic E-state index is 13.3. The van der Waals surface area contributed by atoms with Crippen LogP contribution in [0.1, 0.15) is 54.4 Å². The van der Waals surface area contributed by atoms with Crippen molar-refractivity contribution >= 4 is 68.2 Å². The zero-order valence-corrected chi connectivity index (χ0v) is 24.2. The molecule has 11 heteroatoms. The first-order chi connectivity index (χ1) is 18.8. The Morgan fingerprint density at radius 2 is 1.85 bits per heavy atom. The Morgan fingerprint density at radius 3 is 2.49 bits per heavy atom. The molecule has 3 aliphatic rings. The molecule has 8 nitrogen and oxygen atoms in total. The Morgan fingerprint density at radius 1 is 1.15 bits per heavy atom. The van der Waals surface area contributed by atoms with Crippen LogP contribution < -0.4 is 5.32 Å². The number of ketones is 1. The summed E-state index contributed by atoms with van der Waals surface area (Å²) in [4.78, 5) is 47.2. The second kappa shape index (κ2) is 12.0. The summed E-state index contributed by atoms with van der Waals surface area (Å²) in [5.74, 6) is -0.725. The minimum atomic E-state index is -0.803. The van der Waals surface area contributed by atoms with E-state index in [0.717, 1.165) is 43.4 Å². The van der Waals surface area contributed by atoms with E-state index in [4.69, 9.17) is 37.7 Å². The second-order valence-electron chi connectivity index (χ2n) is 10.2. The number of nitrogens with one attached hydrogen (secondary N) is 1. The molecule has 5 rings (SSSR count). The topological polar surface area (TPSA) is 107 Å². The van der Waals surface area contributed by atoms with Crippen molar-refractivity contribution in [3.8, 4) is 0 Å². The smallest absolute Gasteiger partial charge is 0.331 e. The number of alkyl halides is 1. The van der Waals surface area contributed by atoms with Crippen LogP contribution in [-0.2, 0) is 25.5 Å². The number of nitrogens with zero attached hydrogens (tertiary/aromatic N) is 2. The van der Waals surface area contributed by atoms with Crippen LogP contribution in [-0.4, -0.2) is 58.5 Å². The molecule has 3 atom stereocenters. The van der Waals surface area contributed by atoms with Crippen molar-refractivity contribution in [1.29, 1.82) is 0 Å². The maximum Gasteiger partial charge on any atom is 0.331 e. The van der Waals surface area contributed by atoms with E-state index in [1.54, 1.807) is 12.1 Å². The number of Topliss-reactive ketones (excluding diaryl/α,β-unsaturated/α-hetero) is 1. The van der Waals surface area contributed by atoms with Crippen molar-refractivity contribution in [2.45, 2.75) is 61.9 Å². The molecule has 1 saturated heterocycles. The third kappa shape index (κ3) is 5.92. The van der Waals surface area contributed by atoms with Gasteiger partial charge in [0.2, 0.25) is 0 Å². The number of benzene rings is 1. The van der Waals surface area contributed by atoms with Crippen molar-refractivity contribution in [2.24, 2.45) is 10.4 Å². The highest BCUT2D eigenvalue weighted by Crippen LogP contribution is 2.49. The zero-order chi connectivity index (χ0) is 27.6. The van der Waals surface area contributed by atoms with Crippen molar-refractivity contribution in [3.63, 3.8) is 0 Å². The molecule has 0 bridgehead atoms. The number of halogens is 3. The molecule has 2 aliphatic carbocycles. The Hall–Kier alpha value is -2.33. The third-order valence-electron chi connectivity index (χ3n) is 7.60. The van der Waals surface area contributed by atoms with E-state index in [0.29, 0.717) is 25.3 Å². The number of carbonyl (C=O) groups excluding carboxylic acids is 3. The summed E-state index contributed by atoms with van der Waals surface area (Å²) in [5.41, 5.74) is 1.70. The molecule has 1 N–H and O–H groups in total. The summed E-state index contributed by atoms with van der Waals surface area (Å²) in [6.07, 6.45) is 7.94. The molecule has 39 heavy (non-hydrogen) atoms. The van der Waals surface area contributed by atoms with Crippen LogP contribution in [0.2, 0.25) is 10.0 Å². The van der Waals surface area contributed by atoms with Gasteiger partial charge < -0.3 is 14.8 Å². The number of aliphatic imine (C=N–C) groups is 1. The predicted molar refractivity (Wildman–Crippen MR) is 152 cm³/mol. The number of aromatic nitrogens is 1. The summed E-state index contributed by atoms with van der Waals surface area (Å²) in [6, 6.07) is 6.30. The normalized spacial score (nSPS) is 23.9. The molecular formula is C28H28BrCl2N3O5. The van der Waals surface area contributed by atoms with E-state index in [1.807, 2.05) is 12.1 Å². The summed E-state index contributed by atoms with van der Waals surface area (Å²) < 4.78 is 11.1. The highest BCUT2D eigenvalue weighted by atomic mass is 79.9. The van der Waals surface area contributed by atoms with E-state index in [2.05, 4.69) is 26.2 Å². The number of hydrogen-bond acceptors (Lipinski definition) is 7. The number of ether oxygens (including phenoxy) is 2. The van der Waals surface area contributed by atoms with Gasteiger partial charge in [-0.2, -0.15) is 0 Å². The highest BCUT2D eigenvalue weighted by molar-refractivity contribution is 9.10. The Kier molecular flexibility index (Phi) is 8.71. The summed E-state index contributed by atoms with van der Waals surface area (Å²) in [5, 5.41) is 3.08. The number of amides is 1. The number of esters is 1. The number of carbonyl (C=O) groups is 3. The average Bonchev–Trinajstić information content (AvgIpc) is 3.44. The monoisotopic (exact) mass is 635 g/mol. The molecule has 1 aromatic heterocycles. The zero-order valence-electron chi connectivity index (χ0n) is 21.1. The molecule has 1 spiro atoms. The molecule has 0 radical (unpaired) electrons. The molecular weight excluding hydrogens is 609 g/mol. The average molecular weight is 637 g/mol. The fourth-order valence-corrected chi connectivity index (χ4v) is 7.00. The largest absolute Gasteiger partial charge is 0.458 e. The Balaban J connectivity index is 1.34. The van der Waals surface area contributed by atoms with Gasteiger partial charge in [0.1, 0.15) is 10.9 Å². The molecule has 206 valence electrons. The molecule has 2 heterocycles. The van der Waals surface area contributed by atoms with Crippen molar-refractivity contribution in [2.75, 3.05) is 18.5 Å². The molecule has 2 saturated carbocycles. The lowest BCUT2D eigenvalue weighted by molar-refractivity contribution is -0.150. The van der Waals surface area contributed by atoms with Crippen LogP contribution in [0.15, 0.2) is 41.7 Å². The lowest BCUT2D eigenvalue weighted by Crippen LogP contribution is -2.61. The maximum atomic E-state index is 13.3. The van der Waals surface area contributed by atoms with Gasteiger partial charge in [0.15, 0.2) is 11.8 Å². The molecule has 1 aromatic carbocycles.